The standard InChI is InChI=1S/C15H20N4O2/c1-15(2,3)16-9-8-13(20)18-12-6-4-11(5-7-12)14-19-17-10-21-14/h4-7,10,16H,8-9H2,1-3H3,(H,18,20). The Morgan fingerprint density at radius 1 is 1.24 bits per heavy atom. The highest BCUT2D eigenvalue weighted by atomic mass is 16.4. The lowest BCUT2D eigenvalue weighted by Gasteiger charge is -2.20. The molecule has 2 N–H and O–H groups in total. The summed E-state index contributed by atoms with van der Waals surface area (Å²) in [6, 6.07) is 7.29. The fraction of sp³-hybridized carbons (Fsp3) is 0.400. The van der Waals surface area contributed by atoms with Gasteiger partial charge in [0.05, 0.1) is 0 Å². The molecule has 0 bridgehead atoms. The average Bonchev–Trinajstić information content (AvgIpc) is 2.92. The van der Waals surface area contributed by atoms with Crippen LogP contribution in [0.15, 0.2) is 35.1 Å². The Morgan fingerprint density at radius 3 is 2.52 bits per heavy atom. The second-order valence-electron chi connectivity index (χ2n) is 5.80. The molecule has 0 saturated heterocycles. The Hall–Kier alpha value is -2.21. The molecule has 2 rings (SSSR count). The topological polar surface area (TPSA) is 80.0 Å². The summed E-state index contributed by atoms with van der Waals surface area (Å²) >= 11 is 0. The number of nitrogens with one attached hydrogen (secondary N) is 2. The fourth-order valence-corrected chi connectivity index (χ4v) is 1.77. The lowest BCUT2D eigenvalue weighted by atomic mass is 10.1. The van der Waals surface area contributed by atoms with Gasteiger partial charge in [0.25, 0.3) is 0 Å². The van der Waals surface area contributed by atoms with Crippen LogP contribution in [0, 0.1) is 0 Å². The maximum Gasteiger partial charge on any atom is 0.247 e. The van der Waals surface area contributed by atoms with Crippen molar-refractivity contribution in [3.63, 3.8) is 0 Å². The molecule has 6 nitrogen and oxygen atoms in total. The van der Waals surface area contributed by atoms with Gasteiger partial charge < -0.3 is 15.1 Å². The number of hydrogen-bond acceptors (Lipinski definition) is 5. The molecule has 1 aromatic carbocycles. The van der Waals surface area contributed by atoms with Crippen molar-refractivity contribution in [2.24, 2.45) is 0 Å². The Labute approximate surface area is 124 Å². The summed E-state index contributed by atoms with van der Waals surface area (Å²) in [6.45, 7) is 6.86. The van der Waals surface area contributed by atoms with Crippen LogP contribution in [0.1, 0.15) is 27.2 Å². The van der Waals surface area contributed by atoms with Crippen molar-refractivity contribution in [2.75, 3.05) is 11.9 Å². The Bertz CT molecular complexity index is 571. The van der Waals surface area contributed by atoms with Gasteiger partial charge in [-0.2, -0.15) is 0 Å². The van der Waals surface area contributed by atoms with E-state index in [4.69, 9.17) is 4.42 Å². The average molecular weight is 288 g/mol. The molecular weight excluding hydrogens is 268 g/mol. The minimum atomic E-state index is -0.0164. The quantitative estimate of drug-likeness (QED) is 0.883. The second-order valence-corrected chi connectivity index (χ2v) is 5.80. The van der Waals surface area contributed by atoms with Gasteiger partial charge in [-0.25, -0.2) is 0 Å². The maximum absolute atomic E-state index is 11.8. The van der Waals surface area contributed by atoms with E-state index in [1.807, 2.05) is 24.3 Å². The zero-order valence-electron chi connectivity index (χ0n) is 12.5. The van der Waals surface area contributed by atoms with Crippen molar-refractivity contribution < 1.29 is 9.21 Å². The number of amides is 1. The molecule has 0 aliphatic rings. The van der Waals surface area contributed by atoms with Crippen LogP contribution in [0.2, 0.25) is 0 Å². The van der Waals surface area contributed by atoms with Crippen LogP contribution in [0.25, 0.3) is 11.5 Å². The van der Waals surface area contributed by atoms with Crippen molar-refractivity contribution in [3.8, 4) is 11.5 Å². The fourth-order valence-electron chi connectivity index (χ4n) is 1.77. The van der Waals surface area contributed by atoms with E-state index in [0.717, 1.165) is 11.3 Å². The molecule has 0 saturated carbocycles. The molecule has 1 aromatic heterocycles. The zero-order chi connectivity index (χ0) is 15.3. The summed E-state index contributed by atoms with van der Waals surface area (Å²) in [4.78, 5) is 11.8. The predicted molar refractivity (Wildman–Crippen MR) is 80.7 cm³/mol. The van der Waals surface area contributed by atoms with Crippen LogP contribution in [0.5, 0.6) is 0 Å². The van der Waals surface area contributed by atoms with Crippen LogP contribution in [-0.4, -0.2) is 28.2 Å². The van der Waals surface area contributed by atoms with E-state index in [1.165, 1.54) is 6.39 Å². The smallest absolute Gasteiger partial charge is 0.247 e. The zero-order valence-corrected chi connectivity index (χ0v) is 12.5. The van der Waals surface area contributed by atoms with Crippen molar-refractivity contribution in [1.29, 1.82) is 0 Å². The van der Waals surface area contributed by atoms with E-state index in [-0.39, 0.29) is 11.4 Å². The first-order valence-electron chi connectivity index (χ1n) is 6.85. The van der Waals surface area contributed by atoms with E-state index in [1.54, 1.807) is 0 Å². The van der Waals surface area contributed by atoms with Gasteiger partial charge in [0.2, 0.25) is 18.2 Å². The lowest BCUT2D eigenvalue weighted by Crippen LogP contribution is -2.37. The van der Waals surface area contributed by atoms with E-state index in [9.17, 15) is 4.79 Å². The molecule has 0 aliphatic carbocycles. The molecule has 0 radical (unpaired) electrons. The molecule has 1 amide bonds. The Kier molecular flexibility index (Phi) is 4.70. The van der Waals surface area contributed by atoms with Crippen LogP contribution in [0.3, 0.4) is 0 Å². The third-order valence-electron chi connectivity index (χ3n) is 2.78. The highest BCUT2D eigenvalue weighted by Crippen LogP contribution is 2.18. The van der Waals surface area contributed by atoms with Gasteiger partial charge in [-0.05, 0) is 45.0 Å². The molecule has 0 spiro atoms. The van der Waals surface area contributed by atoms with Gasteiger partial charge >= 0.3 is 0 Å². The minimum Gasteiger partial charge on any atom is -0.423 e. The number of benzene rings is 1. The number of carbonyl (C=O) groups excluding carboxylic acids is 1. The molecule has 0 unspecified atom stereocenters. The SMILES string of the molecule is CC(C)(C)NCCC(=O)Nc1ccc(-c2nnco2)cc1. The van der Waals surface area contributed by atoms with Crippen molar-refractivity contribution in [2.45, 2.75) is 32.7 Å². The molecule has 0 aliphatic heterocycles. The molecule has 1 heterocycles. The number of anilines is 1. The molecular formula is C15H20N4O2. The van der Waals surface area contributed by atoms with Gasteiger partial charge in [0.1, 0.15) is 0 Å². The van der Waals surface area contributed by atoms with Crippen LogP contribution < -0.4 is 10.6 Å². The van der Waals surface area contributed by atoms with Gasteiger partial charge in [-0.3, -0.25) is 4.79 Å². The third-order valence-corrected chi connectivity index (χ3v) is 2.78. The first-order valence-corrected chi connectivity index (χ1v) is 6.85. The van der Waals surface area contributed by atoms with Crippen molar-refractivity contribution in [3.05, 3.63) is 30.7 Å². The molecule has 0 atom stereocenters. The molecule has 0 fully saturated rings. The predicted octanol–water partition coefficient (Wildman–Crippen LogP) is 2.45. The molecule has 21 heavy (non-hydrogen) atoms. The summed E-state index contributed by atoms with van der Waals surface area (Å²) in [6.07, 6.45) is 1.72. The summed E-state index contributed by atoms with van der Waals surface area (Å²) in [5.74, 6) is 0.444. The van der Waals surface area contributed by atoms with Gasteiger partial charge in [-0.15, -0.1) is 10.2 Å². The molecule has 6 heteroatoms. The normalized spacial score (nSPS) is 11.4. The minimum absolute atomic E-state index is 0.0164. The summed E-state index contributed by atoms with van der Waals surface area (Å²) < 4.78 is 5.11. The number of rotatable bonds is 5. The van der Waals surface area contributed by atoms with E-state index in [2.05, 4.69) is 41.6 Å². The Balaban J connectivity index is 1.84. The monoisotopic (exact) mass is 288 g/mol. The first kappa shape index (κ1) is 15.2. The Morgan fingerprint density at radius 2 is 1.95 bits per heavy atom. The van der Waals surface area contributed by atoms with E-state index < -0.39 is 0 Å². The van der Waals surface area contributed by atoms with Gasteiger partial charge in [0, 0.05) is 29.8 Å². The van der Waals surface area contributed by atoms with Gasteiger partial charge in [0.15, 0.2) is 0 Å². The van der Waals surface area contributed by atoms with Crippen LogP contribution in [0.4, 0.5) is 5.69 Å². The lowest BCUT2D eigenvalue weighted by molar-refractivity contribution is -0.116. The highest BCUT2D eigenvalue weighted by molar-refractivity contribution is 5.91. The van der Waals surface area contributed by atoms with Crippen molar-refractivity contribution in [1.82, 2.24) is 15.5 Å². The maximum atomic E-state index is 11.8. The summed E-state index contributed by atoms with van der Waals surface area (Å²) in [5.41, 5.74) is 1.59. The van der Waals surface area contributed by atoms with E-state index in [0.29, 0.717) is 18.9 Å². The number of aromatic nitrogens is 2. The number of nitrogens with zero attached hydrogens (tertiary/aromatic N) is 2. The molecule has 2 aromatic rings. The summed E-state index contributed by atoms with van der Waals surface area (Å²) in [5, 5.41) is 13.6. The number of carbonyl (C=O) groups is 1. The summed E-state index contributed by atoms with van der Waals surface area (Å²) in [7, 11) is 0. The van der Waals surface area contributed by atoms with Gasteiger partial charge in [-0.1, -0.05) is 0 Å². The van der Waals surface area contributed by atoms with Crippen LogP contribution in [-0.2, 0) is 4.79 Å². The number of hydrogen-bond donors (Lipinski definition) is 2. The first-order chi connectivity index (χ1) is 9.94. The largest absolute Gasteiger partial charge is 0.423 e. The van der Waals surface area contributed by atoms with Crippen molar-refractivity contribution >= 4 is 11.6 Å². The van der Waals surface area contributed by atoms with E-state index >= 15 is 0 Å². The third kappa shape index (κ3) is 5.00. The highest BCUT2D eigenvalue weighted by Gasteiger charge is 2.10. The molecule has 112 valence electrons. The van der Waals surface area contributed by atoms with Crippen LogP contribution >= 0.6 is 0 Å². The second kappa shape index (κ2) is 6.49.